The molecule has 0 nitrogen and oxygen atoms in total. The highest BCUT2D eigenvalue weighted by molar-refractivity contribution is 7.99. The fourth-order valence-corrected chi connectivity index (χ4v) is 2.16. The van der Waals surface area contributed by atoms with Gasteiger partial charge in [0.15, 0.2) is 0 Å². The number of hydrogen-bond acceptors (Lipinski definition) is 1. The molecule has 1 aromatic rings. The van der Waals surface area contributed by atoms with Crippen LogP contribution in [0.25, 0.3) is 0 Å². The first-order valence-corrected chi connectivity index (χ1v) is 5.56. The van der Waals surface area contributed by atoms with Gasteiger partial charge in [0.2, 0.25) is 0 Å². The number of thioether (sulfide) groups is 1. The highest BCUT2D eigenvalue weighted by Crippen LogP contribution is 2.32. The maximum Gasteiger partial charge on any atom is 0.0728 e. The van der Waals surface area contributed by atoms with Gasteiger partial charge in [0, 0.05) is 4.90 Å². The molecular formula is C9H10Cl2S. The maximum atomic E-state index is 5.98. The van der Waals surface area contributed by atoms with Gasteiger partial charge in [0.25, 0.3) is 0 Å². The van der Waals surface area contributed by atoms with Crippen molar-refractivity contribution >= 4 is 35.0 Å². The lowest BCUT2D eigenvalue weighted by atomic mass is 10.4. The van der Waals surface area contributed by atoms with Crippen molar-refractivity contribution in [1.82, 2.24) is 0 Å². The molecule has 3 heteroatoms. The second kappa shape index (κ2) is 5.00. The molecule has 0 radical (unpaired) electrons. The lowest BCUT2D eigenvalue weighted by Crippen LogP contribution is -1.78. The molecule has 0 fully saturated rings. The summed E-state index contributed by atoms with van der Waals surface area (Å²) >= 11 is 13.6. The van der Waals surface area contributed by atoms with E-state index in [-0.39, 0.29) is 0 Å². The Kier molecular flexibility index (Phi) is 4.27. The summed E-state index contributed by atoms with van der Waals surface area (Å²) in [6.45, 7) is 2.14. The van der Waals surface area contributed by atoms with Crippen LogP contribution in [-0.4, -0.2) is 5.75 Å². The predicted octanol–water partition coefficient (Wildman–Crippen LogP) is 4.50. The molecule has 0 saturated carbocycles. The summed E-state index contributed by atoms with van der Waals surface area (Å²) < 4.78 is 0. The van der Waals surface area contributed by atoms with E-state index in [0.717, 1.165) is 17.1 Å². The second-order valence-electron chi connectivity index (χ2n) is 2.40. The SMILES string of the molecule is CCCSc1cccc(Cl)c1Cl. The van der Waals surface area contributed by atoms with Gasteiger partial charge in [-0.25, -0.2) is 0 Å². The molecule has 0 aliphatic carbocycles. The number of hydrogen-bond donors (Lipinski definition) is 0. The molecule has 0 bridgehead atoms. The maximum absolute atomic E-state index is 5.98. The van der Waals surface area contributed by atoms with Gasteiger partial charge < -0.3 is 0 Å². The molecule has 0 aromatic heterocycles. The van der Waals surface area contributed by atoms with Crippen molar-refractivity contribution in [2.24, 2.45) is 0 Å². The van der Waals surface area contributed by atoms with Crippen LogP contribution in [0.2, 0.25) is 10.0 Å². The Hall–Kier alpha value is 0.150. The van der Waals surface area contributed by atoms with Crippen LogP contribution >= 0.6 is 35.0 Å². The van der Waals surface area contributed by atoms with Gasteiger partial charge in [-0.15, -0.1) is 11.8 Å². The van der Waals surface area contributed by atoms with E-state index in [1.54, 1.807) is 17.8 Å². The zero-order valence-electron chi connectivity index (χ0n) is 6.81. The molecule has 0 unspecified atom stereocenters. The third-order valence-electron chi connectivity index (χ3n) is 1.38. The molecule has 0 atom stereocenters. The quantitative estimate of drug-likeness (QED) is 0.677. The van der Waals surface area contributed by atoms with Crippen molar-refractivity contribution in [3.63, 3.8) is 0 Å². The predicted molar refractivity (Wildman–Crippen MR) is 57.5 cm³/mol. The molecule has 66 valence electrons. The largest absolute Gasteiger partial charge is 0.125 e. The van der Waals surface area contributed by atoms with Crippen molar-refractivity contribution in [3.05, 3.63) is 28.2 Å². The van der Waals surface area contributed by atoms with E-state index in [2.05, 4.69) is 6.92 Å². The van der Waals surface area contributed by atoms with E-state index < -0.39 is 0 Å². The average molecular weight is 221 g/mol. The fourth-order valence-electron chi connectivity index (χ4n) is 0.808. The molecule has 0 amide bonds. The van der Waals surface area contributed by atoms with E-state index in [4.69, 9.17) is 23.2 Å². The molecule has 1 rings (SSSR count). The Morgan fingerprint density at radius 1 is 1.33 bits per heavy atom. The lowest BCUT2D eigenvalue weighted by molar-refractivity contribution is 1.10. The smallest absolute Gasteiger partial charge is 0.0728 e. The van der Waals surface area contributed by atoms with Crippen molar-refractivity contribution in [2.45, 2.75) is 18.2 Å². The van der Waals surface area contributed by atoms with Crippen LogP contribution in [0.15, 0.2) is 23.1 Å². The number of halogens is 2. The van der Waals surface area contributed by atoms with E-state index in [9.17, 15) is 0 Å². The summed E-state index contributed by atoms with van der Waals surface area (Å²) in [5.41, 5.74) is 0. The van der Waals surface area contributed by atoms with Crippen LogP contribution in [0.4, 0.5) is 0 Å². The Morgan fingerprint density at radius 2 is 2.08 bits per heavy atom. The average Bonchev–Trinajstić information content (AvgIpc) is 2.08. The molecular weight excluding hydrogens is 211 g/mol. The van der Waals surface area contributed by atoms with Crippen molar-refractivity contribution in [3.8, 4) is 0 Å². The van der Waals surface area contributed by atoms with Gasteiger partial charge >= 0.3 is 0 Å². The van der Waals surface area contributed by atoms with Gasteiger partial charge in [0.1, 0.15) is 0 Å². The Labute approximate surface area is 87.3 Å². The van der Waals surface area contributed by atoms with E-state index in [0.29, 0.717) is 10.0 Å². The first-order valence-electron chi connectivity index (χ1n) is 3.82. The Bertz CT molecular complexity index is 261. The highest BCUT2D eigenvalue weighted by Gasteiger charge is 2.03. The molecule has 1 aromatic carbocycles. The molecule has 0 spiro atoms. The normalized spacial score (nSPS) is 10.2. The van der Waals surface area contributed by atoms with Crippen LogP contribution < -0.4 is 0 Å². The summed E-state index contributed by atoms with van der Waals surface area (Å²) in [5.74, 6) is 1.08. The van der Waals surface area contributed by atoms with Crippen LogP contribution in [0, 0.1) is 0 Å². The molecule has 0 saturated heterocycles. The minimum Gasteiger partial charge on any atom is -0.125 e. The Morgan fingerprint density at radius 3 is 2.75 bits per heavy atom. The Balaban J connectivity index is 2.78. The topological polar surface area (TPSA) is 0 Å². The first-order chi connectivity index (χ1) is 5.75. The van der Waals surface area contributed by atoms with E-state index in [1.165, 1.54) is 0 Å². The minimum atomic E-state index is 0.637. The van der Waals surface area contributed by atoms with Gasteiger partial charge in [-0.3, -0.25) is 0 Å². The summed E-state index contributed by atoms with van der Waals surface area (Å²) in [4.78, 5) is 1.08. The summed E-state index contributed by atoms with van der Waals surface area (Å²) in [7, 11) is 0. The zero-order valence-corrected chi connectivity index (χ0v) is 9.14. The minimum absolute atomic E-state index is 0.637. The first kappa shape index (κ1) is 10.2. The van der Waals surface area contributed by atoms with Crippen molar-refractivity contribution < 1.29 is 0 Å². The number of benzene rings is 1. The third-order valence-corrected chi connectivity index (χ3v) is 3.57. The summed E-state index contributed by atoms with van der Waals surface area (Å²) in [6.07, 6.45) is 1.15. The summed E-state index contributed by atoms with van der Waals surface area (Å²) in [6, 6.07) is 5.72. The monoisotopic (exact) mass is 220 g/mol. The van der Waals surface area contributed by atoms with Crippen molar-refractivity contribution in [1.29, 1.82) is 0 Å². The van der Waals surface area contributed by atoms with Gasteiger partial charge in [0.05, 0.1) is 10.0 Å². The standard InChI is InChI=1S/C9H10Cl2S/c1-2-6-12-8-5-3-4-7(10)9(8)11/h3-5H,2,6H2,1H3. The molecule has 0 N–H and O–H groups in total. The van der Waals surface area contributed by atoms with Crippen LogP contribution in [-0.2, 0) is 0 Å². The highest BCUT2D eigenvalue weighted by atomic mass is 35.5. The fraction of sp³-hybridized carbons (Fsp3) is 0.333. The molecule has 0 aliphatic heterocycles. The van der Waals surface area contributed by atoms with E-state index in [1.807, 2.05) is 12.1 Å². The van der Waals surface area contributed by atoms with Crippen LogP contribution in [0.1, 0.15) is 13.3 Å². The van der Waals surface area contributed by atoms with E-state index >= 15 is 0 Å². The number of rotatable bonds is 3. The molecule has 0 aliphatic rings. The molecule has 0 heterocycles. The van der Waals surface area contributed by atoms with Gasteiger partial charge in [-0.2, -0.15) is 0 Å². The molecule has 12 heavy (non-hydrogen) atoms. The zero-order chi connectivity index (χ0) is 8.97. The summed E-state index contributed by atoms with van der Waals surface area (Å²) in [5, 5.41) is 1.32. The second-order valence-corrected chi connectivity index (χ2v) is 4.32. The van der Waals surface area contributed by atoms with Gasteiger partial charge in [-0.05, 0) is 24.3 Å². The van der Waals surface area contributed by atoms with Crippen molar-refractivity contribution in [2.75, 3.05) is 5.75 Å². The lowest BCUT2D eigenvalue weighted by Gasteiger charge is -2.03. The van der Waals surface area contributed by atoms with Crippen LogP contribution in [0.5, 0.6) is 0 Å². The third kappa shape index (κ3) is 2.58. The van der Waals surface area contributed by atoms with Gasteiger partial charge in [-0.1, -0.05) is 36.2 Å². The van der Waals surface area contributed by atoms with Crippen LogP contribution in [0.3, 0.4) is 0 Å².